The Kier molecular flexibility index (Phi) is 6.73. The van der Waals surface area contributed by atoms with E-state index in [0.717, 1.165) is 31.9 Å². The van der Waals surface area contributed by atoms with Crippen molar-refractivity contribution in [3.63, 3.8) is 0 Å². The highest BCUT2D eigenvalue weighted by molar-refractivity contribution is 7.89. The molecule has 8 heteroatoms. The number of benzene rings is 1. The summed E-state index contributed by atoms with van der Waals surface area (Å²) >= 11 is 0. The summed E-state index contributed by atoms with van der Waals surface area (Å²) in [4.78, 5) is 11.1. The van der Waals surface area contributed by atoms with Crippen LogP contribution in [0.4, 0.5) is 4.39 Å². The van der Waals surface area contributed by atoms with Crippen LogP contribution >= 0.6 is 0 Å². The van der Waals surface area contributed by atoms with E-state index >= 15 is 0 Å². The number of sulfonamides is 1. The third kappa shape index (κ3) is 5.07. The fourth-order valence-corrected chi connectivity index (χ4v) is 2.95. The molecular weight excluding hydrogens is 299 g/mol. The van der Waals surface area contributed by atoms with Crippen molar-refractivity contribution < 1.29 is 22.3 Å². The zero-order chi connectivity index (χ0) is 15.9. The van der Waals surface area contributed by atoms with Gasteiger partial charge < -0.3 is 10.1 Å². The number of carbonyl (C=O) groups is 1. The van der Waals surface area contributed by atoms with Crippen molar-refractivity contribution in [1.29, 1.82) is 0 Å². The molecule has 0 saturated carbocycles. The fraction of sp³-hybridized carbons (Fsp3) is 0.462. The standard InChI is InChI=1S/C13H19FN2O4S/c1-3-15-7-4-8-16-21(18,19)12-9-10(14)5-6-11(12)13(17)20-2/h5-6,9,15-16H,3-4,7-8H2,1-2H3. The molecule has 2 N–H and O–H groups in total. The summed E-state index contributed by atoms with van der Waals surface area (Å²) in [5.74, 6) is -1.57. The lowest BCUT2D eigenvalue weighted by atomic mass is 10.2. The van der Waals surface area contributed by atoms with Gasteiger partial charge in [0.1, 0.15) is 5.82 Å². The Morgan fingerprint density at radius 2 is 2.05 bits per heavy atom. The van der Waals surface area contributed by atoms with Crippen molar-refractivity contribution in [2.45, 2.75) is 18.2 Å². The molecule has 0 amide bonds. The molecular formula is C13H19FN2O4S. The van der Waals surface area contributed by atoms with Crippen molar-refractivity contribution in [1.82, 2.24) is 10.0 Å². The lowest BCUT2D eigenvalue weighted by molar-refractivity contribution is 0.0596. The highest BCUT2D eigenvalue weighted by atomic mass is 32.2. The minimum Gasteiger partial charge on any atom is -0.465 e. The van der Waals surface area contributed by atoms with Gasteiger partial charge in [-0.3, -0.25) is 0 Å². The fourth-order valence-electron chi connectivity index (χ4n) is 1.67. The van der Waals surface area contributed by atoms with E-state index in [0.29, 0.717) is 13.0 Å². The molecule has 0 heterocycles. The summed E-state index contributed by atoms with van der Waals surface area (Å²) < 4.78 is 44.4. The van der Waals surface area contributed by atoms with Gasteiger partial charge in [-0.2, -0.15) is 0 Å². The van der Waals surface area contributed by atoms with Gasteiger partial charge in [0.2, 0.25) is 10.0 Å². The third-order valence-electron chi connectivity index (χ3n) is 2.71. The SMILES string of the molecule is CCNCCCNS(=O)(=O)c1cc(F)ccc1C(=O)OC. The Labute approximate surface area is 123 Å². The van der Waals surface area contributed by atoms with Gasteiger partial charge in [0.25, 0.3) is 0 Å². The summed E-state index contributed by atoms with van der Waals surface area (Å²) in [6.45, 7) is 3.58. The van der Waals surface area contributed by atoms with Crippen LogP contribution in [0.25, 0.3) is 0 Å². The van der Waals surface area contributed by atoms with Gasteiger partial charge in [-0.1, -0.05) is 6.92 Å². The molecule has 0 radical (unpaired) electrons. The van der Waals surface area contributed by atoms with E-state index in [4.69, 9.17) is 0 Å². The van der Waals surface area contributed by atoms with Crippen molar-refractivity contribution in [2.75, 3.05) is 26.7 Å². The monoisotopic (exact) mass is 318 g/mol. The van der Waals surface area contributed by atoms with Crippen LogP contribution in [0.2, 0.25) is 0 Å². The number of rotatable bonds is 8. The van der Waals surface area contributed by atoms with E-state index in [1.807, 2.05) is 6.92 Å². The minimum absolute atomic E-state index is 0.187. The predicted octanol–water partition coefficient (Wildman–Crippen LogP) is 0.890. The van der Waals surface area contributed by atoms with E-state index in [-0.39, 0.29) is 12.1 Å². The first-order valence-electron chi connectivity index (χ1n) is 6.50. The predicted molar refractivity (Wildman–Crippen MR) is 76.1 cm³/mol. The first-order chi connectivity index (χ1) is 9.92. The van der Waals surface area contributed by atoms with Crippen LogP contribution in [0.5, 0.6) is 0 Å². The van der Waals surface area contributed by atoms with Crippen LogP contribution in [-0.4, -0.2) is 41.1 Å². The maximum absolute atomic E-state index is 13.3. The van der Waals surface area contributed by atoms with Crippen LogP contribution in [0, 0.1) is 5.82 Å². The highest BCUT2D eigenvalue weighted by Crippen LogP contribution is 2.18. The molecule has 6 nitrogen and oxygen atoms in total. The number of esters is 1. The number of hydrogen-bond donors (Lipinski definition) is 2. The van der Waals surface area contributed by atoms with Crippen molar-refractivity contribution >= 4 is 16.0 Å². The number of nitrogens with one attached hydrogen (secondary N) is 2. The maximum Gasteiger partial charge on any atom is 0.339 e. The van der Waals surface area contributed by atoms with Gasteiger partial charge in [0.15, 0.2) is 0 Å². The zero-order valence-electron chi connectivity index (χ0n) is 12.0. The molecule has 0 aliphatic carbocycles. The smallest absolute Gasteiger partial charge is 0.339 e. The van der Waals surface area contributed by atoms with Crippen LogP contribution in [-0.2, 0) is 14.8 Å². The molecule has 21 heavy (non-hydrogen) atoms. The molecule has 1 rings (SSSR count). The van der Waals surface area contributed by atoms with Crippen LogP contribution in [0.15, 0.2) is 23.1 Å². The number of halogens is 1. The third-order valence-corrected chi connectivity index (χ3v) is 4.21. The Balaban J connectivity index is 2.91. The summed E-state index contributed by atoms with van der Waals surface area (Å²) in [6, 6.07) is 2.91. The second-order valence-corrected chi connectivity index (χ2v) is 5.97. The van der Waals surface area contributed by atoms with E-state index < -0.39 is 26.7 Å². The van der Waals surface area contributed by atoms with Gasteiger partial charge in [-0.15, -0.1) is 0 Å². The average molecular weight is 318 g/mol. The molecule has 0 aliphatic heterocycles. The molecule has 0 atom stereocenters. The van der Waals surface area contributed by atoms with Gasteiger partial charge >= 0.3 is 5.97 Å². The molecule has 0 aliphatic rings. The Hall–Kier alpha value is -1.51. The maximum atomic E-state index is 13.3. The molecule has 0 fully saturated rings. The Bertz CT molecular complexity index is 590. The summed E-state index contributed by atoms with van der Waals surface area (Å²) in [5, 5.41) is 3.05. The van der Waals surface area contributed by atoms with E-state index in [1.54, 1.807) is 0 Å². The van der Waals surface area contributed by atoms with E-state index in [9.17, 15) is 17.6 Å². The largest absolute Gasteiger partial charge is 0.465 e. The number of carbonyl (C=O) groups excluding carboxylic acids is 1. The average Bonchev–Trinajstić information content (AvgIpc) is 2.46. The van der Waals surface area contributed by atoms with Gasteiger partial charge in [-0.05, 0) is 37.7 Å². The van der Waals surface area contributed by atoms with Crippen molar-refractivity contribution in [2.24, 2.45) is 0 Å². The normalized spacial score (nSPS) is 11.4. The minimum atomic E-state index is -3.97. The first kappa shape index (κ1) is 17.5. The highest BCUT2D eigenvalue weighted by Gasteiger charge is 2.23. The van der Waals surface area contributed by atoms with Crippen LogP contribution < -0.4 is 10.0 Å². The van der Waals surface area contributed by atoms with Crippen molar-refractivity contribution in [3.05, 3.63) is 29.6 Å². The molecule has 0 saturated heterocycles. The number of ether oxygens (including phenoxy) is 1. The first-order valence-corrected chi connectivity index (χ1v) is 7.99. The Morgan fingerprint density at radius 1 is 1.33 bits per heavy atom. The molecule has 1 aromatic rings. The topological polar surface area (TPSA) is 84.5 Å². The lowest BCUT2D eigenvalue weighted by Gasteiger charge is -2.10. The quantitative estimate of drug-likeness (QED) is 0.549. The lowest BCUT2D eigenvalue weighted by Crippen LogP contribution is -2.29. The molecule has 0 aromatic heterocycles. The van der Waals surface area contributed by atoms with E-state index in [2.05, 4.69) is 14.8 Å². The number of methoxy groups -OCH3 is 1. The molecule has 118 valence electrons. The van der Waals surface area contributed by atoms with E-state index in [1.165, 1.54) is 0 Å². The molecule has 1 aromatic carbocycles. The second-order valence-electron chi connectivity index (χ2n) is 4.24. The number of hydrogen-bond acceptors (Lipinski definition) is 5. The molecule has 0 bridgehead atoms. The Morgan fingerprint density at radius 3 is 2.67 bits per heavy atom. The summed E-state index contributed by atoms with van der Waals surface area (Å²) in [7, 11) is -2.84. The second kappa shape index (κ2) is 8.06. The van der Waals surface area contributed by atoms with Gasteiger partial charge in [-0.25, -0.2) is 22.3 Å². The van der Waals surface area contributed by atoms with Gasteiger partial charge in [0, 0.05) is 6.54 Å². The van der Waals surface area contributed by atoms with Crippen LogP contribution in [0.3, 0.4) is 0 Å². The van der Waals surface area contributed by atoms with Crippen LogP contribution in [0.1, 0.15) is 23.7 Å². The van der Waals surface area contributed by atoms with Gasteiger partial charge in [0.05, 0.1) is 17.6 Å². The molecule has 0 unspecified atom stereocenters. The summed E-state index contributed by atoms with van der Waals surface area (Å²) in [5.41, 5.74) is -0.196. The molecule has 0 spiro atoms. The van der Waals surface area contributed by atoms with Crippen molar-refractivity contribution in [3.8, 4) is 0 Å². The zero-order valence-corrected chi connectivity index (χ0v) is 12.8. The summed E-state index contributed by atoms with van der Waals surface area (Å²) in [6.07, 6.45) is 0.579.